The fourth-order valence-electron chi connectivity index (χ4n) is 13.5. The van der Waals surface area contributed by atoms with Crippen molar-refractivity contribution < 1.29 is 110 Å². The van der Waals surface area contributed by atoms with Crippen LogP contribution in [-0.4, -0.2) is 91.4 Å². The standard InChI is InChI=1S/C44H57F2O12P.Na/c1-23-15-31-29-9-7-25-17-27(47)11-13-37(25,3)41(29,45)33(49)19-39(31,5)43(23,53)35(51)21-57-59(55,56)58-22-36(52)44(54)24(2)16-32-30-10-8-26-18-28(48)12-14-38(26,4)42(30,46)34(50)20-40(32,44)6;/h11-14,17-18,23-24,29-34,49-50,53-54H,7-10,15-16,19-22H2,1-6H3,(H,55,56);/q;+1/p-1/t23-,24-,29+,30+,31+,32+,33+,34+,37+,38+,39+,40+,41+,42+,43+,44+;/m1./s1/i7D2,8D2,17D,18D,21D2,22D2;. The Morgan fingerprint density at radius 1 is 0.800 bits per heavy atom. The Morgan fingerprint density at radius 2 is 1.15 bits per heavy atom. The van der Waals surface area contributed by atoms with E-state index >= 15 is 8.78 Å². The molecule has 0 aromatic heterocycles. The number of alkyl halides is 2. The predicted molar refractivity (Wildman–Crippen MR) is 205 cm³/mol. The number of allylic oxidation sites excluding steroid dienone is 8. The quantitative estimate of drug-likeness (QED) is 0.201. The molecule has 324 valence electrons. The number of rotatable bonds is 8. The molecule has 0 aromatic rings. The number of ketones is 4. The number of phosphoric ester groups is 1. The molecule has 12 nitrogen and oxygen atoms in total. The molecule has 8 aliphatic carbocycles. The van der Waals surface area contributed by atoms with E-state index in [0.717, 1.165) is 24.3 Å². The second-order valence-electron chi connectivity index (χ2n) is 19.1. The molecule has 0 bridgehead atoms. The first kappa shape index (κ1) is 34.8. The summed E-state index contributed by atoms with van der Waals surface area (Å²) in [5.41, 5.74) is -21.0. The summed E-state index contributed by atoms with van der Waals surface area (Å²) in [7, 11) is -6.64. The van der Waals surface area contributed by atoms with Crippen LogP contribution in [-0.2, 0) is 32.8 Å². The first-order chi connectivity index (χ1) is 31.0. The van der Waals surface area contributed by atoms with Gasteiger partial charge in [-0.1, -0.05) is 51.0 Å². The van der Waals surface area contributed by atoms with Crippen molar-refractivity contribution in [3.8, 4) is 0 Å². The Labute approximate surface area is 385 Å². The Bertz CT molecular complexity index is 2400. The zero-order valence-corrected chi connectivity index (χ0v) is 37.3. The van der Waals surface area contributed by atoms with Crippen LogP contribution < -0.4 is 34.5 Å². The van der Waals surface area contributed by atoms with Crippen LogP contribution in [0.1, 0.15) is 107 Å². The second kappa shape index (κ2) is 14.5. The number of phosphoric acid groups is 1. The molecule has 6 fully saturated rings. The number of hydrogen-bond donors (Lipinski definition) is 4. The third-order valence-electron chi connectivity index (χ3n) is 16.7. The summed E-state index contributed by atoms with van der Waals surface area (Å²) in [6.07, 6.45) is -9.20. The molecule has 0 unspecified atom stereocenters. The molecule has 0 saturated heterocycles. The van der Waals surface area contributed by atoms with Crippen molar-refractivity contribution in [3.05, 3.63) is 47.6 Å². The number of aliphatic hydroxyl groups is 4. The number of fused-ring (bicyclic) bond motifs is 10. The first-order valence-electron chi connectivity index (χ1n) is 24.9. The van der Waals surface area contributed by atoms with Crippen molar-refractivity contribution in [2.75, 3.05) is 13.1 Å². The van der Waals surface area contributed by atoms with Crippen molar-refractivity contribution in [1.82, 2.24) is 0 Å². The number of aliphatic hydroxyl groups excluding tert-OH is 2. The summed E-state index contributed by atoms with van der Waals surface area (Å²) < 4.78 is 145. The SMILES string of the molecule is [2H]C1=C2C([2H])([2H])C[C@H]3[C@@H]4C[C@@H](C)[C@](O)(C(=O)C([2H])([2H])OP(=O)([O-])OC([2H])([2H])C(=O)[C@@]5(O)[C@H](C)C[C@H]6[C@@H]7CC([2H])([2H])C8=C([2H])C(=O)C=C[C@]8(C)[C@@]7(F)[C@@H](O)C[C@@]65C)[C@@]4(C)C[C@H](O)[C@]3(F)[C@@]2(C)C=CC1=O.[Na+]. The van der Waals surface area contributed by atoms with Crippen LogP contribution >= 0.6 is 7.82 Å². The maximum absolute atomic E-state index is 18.0. The topological polar surface area (TPSA) is 208 Å². The largest absolute Gasteiger partial charge is 1.00 e. The number of halogens is 2. The van der Waals surface area contributed by atoms with E-state index in [4.69, 9.17) is 13.7 Å². The third kappa shape index (κ3) is 5.70. The number of hydrogen-bond acceptors (Lipinski definition) is 12. The van der Waals surface area contributed by atoms with E-state index in [1.807, 2.05) is 0 Å². The summed E-state index contributed by atoms with van der Waals surface area (Å²) >= 11 is 0. The maximum Gasteiger partial charge on any atom is 1.00 e. The summed E-state index contributed by atoms with van der Waals surface area (Å²) in [5.74, 6) is -14.1. The smallest absolute Gasteiger partial charge is 0.756 e. The summed E-state index contributed by atoms with van der Waals surface area (Å²) in [6, 6.07) is -1.59. The van der Waals surface area contributed by atoms with Crippen molar-refractivity contribution in [2.24, 2.45) is 57.2 Å². The molecule has 4 N–H and O–H groups in total. The van der Waals surface area contributed by atoms with Crippen molar-refractivity contribution in [2.45, 2.75) is 128 Å². The molecular formula is C44H56F2NaO12P. The van der Waals surface area contributed by atoms with Crippen molar-refractivity contribution in [3.63, 3.8) is 0 Å². The van der Waals surface area contributed by atoms with Crippen LogP contribution in [0.5, 0.6) is 0 Å². The van der Waals surface area contributed by atoms with Crippen LogP contribution in [0.4, 0.5) is 8.78 Å². The zero-order chi connectivity index (χ0) is 52.2. The average molecular weight is 879 g/mol. The average Bonchev–Trinajstić information content (AvgIpc) is 3.53. The molecule has 0 spiro atoms. The van der Waals surface area contributed by atoms with Crippen molar-refractivity contribution in [1.29, 1.82) is 0 Å². The fraction of sp³-hybridized carbons (Fsp3) is 0.727. The van der Waals surface area contributed by atoms with Gasteiger partial charge in [0.25, 0.3) is 7.82 Å². The molecule has 0 aromatic carbocycles. The molecule has 16 atom stereocenters. The molecule has 8 aliphatic rings. The van der Waals surface area contributed by atoms with Gasteiger partial charge in [-0.05, 0) is 113 Å². The number of carbonyl (C=O) groups is 4. The van der Waals surface area contributed by atoms with Gasteiger partial charge in [0.1, 0.15) is 24.3 Å². The Morgan fingerprint density at radius 3 is 1.50 bits per heavy atom. The van der Waals surface area contributed by atoms with Crippen molar-refractivity contribution >= 4 is 31.0 Å². The van der Waals surface area contributed by atoms with Gasteiger partial charge in [0.2, 0.25) is 0 Å². The Balaban J connectivity index is 0.00000722. The normalized spacial score (nSPS) is 55.1. The van der Waals surface area contributed by atoms with E-state index in [-0.39, 0.29) is 42.4 Å². The van der Waals surface area contributed by atoms with E-state index in [2.05, 4.69) is 9.05 Å². The molecule has 16 heteroatoms. The van der Waals surface area contributed by atoms with Crippen LogP contribution in [0, 0.1) is 57.2 Å². The molecule has 8 rings (SSSR count). The third-order valence-corrected chi connectivity index (χ3v) is 17.4. The van der Waals surface area contributed by atoms with Gasteiger partial charge in [-0.3, -0.25) is 23.7 Å². The molecule has 60 heavy (non-hydrogen) atoms. The molecule has 0 heterocycles. The van der Waals surface area contributed by atoms with Gasteiger partial charge in [-0.15, -0.1) is 0 Å². The summed E-state index contributed by atoms with van der Waals surface area (Å²) in [4.78, 5) is 67.5. The number of carbonyl (C=O) groups excluding carboxylic acids is 4. The molecular weight excluding hydrogens is 812 g/mol. The van der Waals surface area contributed by atoms with Gasteiger partial charge in [0, 0.05) is 39.0 Å². The first-order valence-corrected chi connectivity index (χ1v) is 21.4. The predicted octanol–water partition coefficient (Wildman–Crippen LogP) is 1.33. The van der Waals surface area contributed by atoms with E-state index in [1.165, 1.54) is 41.5 Å². The monoisotopic (exact) mass is 878 g/mol. The van der Waals surface area contributed by atoms with E-state index < -0.39 is 198 Å². The molecule has 0 aliphatic heterocycles. The minimum absolute atomic E-state index is 0. The number of Topliss-reactive ketones (excluding diaryl/α,β-unsaturated/α-hetero) is 2. The Kier molecular flexibility index (Phi) is 8.40. The van der Waals surface area contributed by atoms with E-state index in [1.54, 1.807) is 0 Å². The summed E-state index contributed by atoms with van der Waals surface area (Å²) in [6.45, 7) is -0.958. The molecule has 0 amide bonds. The van der Waals surface area contributed by atoms with Crippen LogP contribution in [0.3, 0.4) is 0 Å². The van der Waals surface area contributed by atoms with Gasteiger partial charge in [0.15, 0.2) is 34.5 Å². The van der Waals surface area contributed by atoms with Crippen LogP contribution in [0.2, 0.25) is 0 Å². The Hall–Kier alpha value is -1.55. The van der Waals surface area contributed by atoms with Gasteiger partial charge < -0.3 is 34.4 Å². The van der Waals surface area contributed by atoms with E-state index in [9.17, 15) is 49.1 Å². The van der Waals surface area contributed by atoms with Crippen LogP contribution in [0.15, 0.2) is 47.6 Å². The second-order valence-corrected chi connectivity index (χ2v) is 20.4. The van der Waals surface area contributed by atoms with Gasteiger partial charge in [0.05, 0.1) is 20.4 Å². The summed E-state index contributed by atoms with van der Waals surface area (Å²) in [5, 5.41) is 48.4. The van der Waals surface area contributed by atoms with Gasteiger partial charge in [-0.2, -0.15) is 0 Å². The zero-order valence-electron chi connectivity index (χ0n) is 44.4. The van der Waals surface area contributed by atoms with Crippen LogP contribution in [0.25, 0.3) is 0 Å². The molecule has 6 saturated carbocycles. The fourth-order valence-corrected chi connectivity index (χ4v) is 13.9. The van der Waals surface area contributed by atoms with Gasteiger partial charge >= 0.3 is 29.6 Å². The van der Waals surface area contributed by atoms with E-state index in [0.29, 0.717) is 0 Å². The minimum atomic E-state index is -6.64. The minimum Gasteiger partial charge on any atom is -0.756 e. The molecule has 0 radical (unpaired) electrons. The van der Waals surface area contributed by atoms with Gasteiger partial charge in [-0.25, -0.2) is 8.78 Å². The maximum atomic E-state index is 18.0.